The van der Waals surface area contributed by atoms with Gasteiger partial charge in [-0.2, -0.15) is 5.10 Å². The Labute approximate surface area is 114 Å². The van der Waals surface area contributed by atoms with Crippen LogP contribution in [0.1, 0.15) is 17.4 Å². The fourth-order valence-corrected chi connectivity index (χ4v) is 2.09. The fraction of sp³-hybridized carbons (Fsp3) is 0.429. The summed E-state index contributed by atoms with van der Waals surface area (Å²) in [5, 5.41) is 7.46. The van der Waals surface area contributed by atoms with Crippen LogP contribution in [0.2, 0.25) is 0 Å². The average Bonchev–Trinajstić information content (AvgIpc) is 2.81. The van der Waals surface area contributed by atoms with Crippen LogP contribution in [0.3, 0.4) is 0 Å². The highest BCUT2D eigenvalue weighted by Crippen LogP contribution is 2.21. The third-order valence-corrected chi connectivity index (χ3v) is 3.33. The quantitative estimate of drug-likeness (QED) is 0.881. The van der Waals surface area contributed by atoms with Gasteiger partial charge in [-0.25, -0.2) is 4.98 Å². The van der Waals surface area contributed by atoms with Crippen LogP contribution in [0, 0.1) is 0 Å². The van der Waals surface area contributed by atoms with Gasteiger partial charge in [0.05, 0.1) is 0 Å². The minimum atomic E-state index is 0.239. The molecular formula is C14H21N5. The number of nitrogens with zero attached hydrogens (tertiary/aromatic N) is 4. The minimum absolute atomic E-state index is 0.239. The first-order valence-electron chi connectivity index (χ1n) is 6.39. The van der Waals surface area contributed by atoms with Crippen molar-refractivity contribution >= 4 is 5.69 Å². The van der Waals surface area contributed by atoms with E-state index in [0.717, 1.165) is 12.2 Å². The zero-order chi connectivity index (χ0) is 13.8. The first-order chi connectivity index (χ1) is 9.11. The molecule has 0 spiro atoms. The highest BCUT2D eigenvalue weighted by atomic mass is 15.3. The summed E-state index contributed by atoms with van der Waals surface area (Å²) in [6, 6.07) is 8.79. The minimum Gasteiger partial charge on any atom is -0.378 e. The standard InChI is InChI=1S/C14H21N5/c1-15-13(9-14-16-10-17-19(14)4)11-6-5-7-12(8-11)18(2)3/h5-8,10,13,15H,9H2,1-4H3. The number of aromatic nitrogens is 3. The van der Waals surface area contributed by atoms with Gasteiger partial charge in [0.25, 0.3) is 0 Å². The van der Waals surface area contributed by atoms with Gasteiger partial charge in [0.2, 0.25) is 0 Å². The summed E-state index contributed by atoms with van der Waals surface area (Å²) in [5.41, 5.74) is 2.47. The van der Waals surface area contributed by atoms with Gasteiger partial charge in [0.1, 0.15) is 12.2 Å². The van der Waals surface area contributed by atoms with E-state index in [1.165, 1.54) is 11.3 Å². The van der Waals surface area contributed by atoms with E-state index in [1.54, 1.807) is 6.33 Å². The Morgan fingerprint density at radius 1 is 1.37 bits per heavy atom. The van der Waals surface area contributed by atoms with E-state index in [0.29, 0.717) is 0 Å². The summed E-state index contributed by atoms with van der Waals surface area (Å²) < 4.78 is 1.82. The molecule has 0 aliphatic carbocycles. The highest BCUT2D eigenvalue weighted by Gasteiger charge is 2.13. The van der Waals surface area contributed by atoms with Gasteiger partial charge in [0, 0.05) is 39.3 Å². The second-order valence-electron chi connectivity index (χ2n) is 4.83. The summed E-state index contributed by atoms with van der Waals surface area (Å²) in [5.74, 6) is 0.981. The molecule has 0 fully saturated rings. The molecule has 2 rings (SSSR count). The van der Waals surface area contributed by atoms with Crippen molar-refractivity contribution < 1.29 is 0 Å². The van der Waals surface area contributed by atoms with Crippen molar-refractivity contribution in [3.05, 3.63) is 42.0 Å². The molecule has 0 amide bonds. The van der Waals surface area contributed by atoms with Gasteiger partial charge in [-0.3, -0.25) is 4.68 Å². The lowest BCUT2D eigenvalue weighted by Crippen LogP contribution is -2.21. The van der Waals surface area contributed by atoms with Crippen molar-refractivity contribution in [3.63, 3.8) is 0 Å². The SMILES string of the molecule is CNC(Cc1ncnn1C)c1cccc(N(C)C)c1. The largest absolute Gasteiger partial charge is 0.378 e. The molecule has 1 unspecified atom stereocenters. The maximum atomic E-state index is 4.29. The molecule has 5 heteroatoms. The molecule has 2 aromatic rings. The second kappa shape index (κ2) is 5.84. The molecular weight excluding hydrogens is 238 g/mol. The first-order valence-corrected chi connectivity index (χ1v) is 6.39. The molecule has 0 aliphatic heterocycles. The molecule has 5 nitrogen and oxygen atoms in total. The number of likely N-dealkylation sites (N-methyl/N-ethyl adjacent to an activating group) is 1. The maximum Gasteiger partial charge on any atom is 0.138 e. The van der Waals surface area contributed by atoms with Crippen LogP contribution >= 0.6 is 0 Å². The Morgan fingerprint density at radius 3 is 2.74 bits per heavy atom. The van der Waals surface area contributed by atoms with E-state index in [-0.39, 0.29) is 6.04 Å². The molecule has 1 atom stereocenters. The van der Waals surface area contributed by atoms with Crippen LogP contribution in [0.5, 0.6) is 0 Å². The first kappa shape index (κ1) is 13.5. The van der Waals surface area contributed by atoms with Crippen molar-refractivity contribution in [1.82, 2.24) is 20.1 Å². The summed E-state index contributed by atoms with van der Waals surface area (Å²) in [6.07, 6.45) is 2.42. The molecule has 0 saturated heterocycles. The molecule has 1 heterocycles. The van der Waals surface area contributed by atoms with E-state index in [2.05, 4.69) is 58.7 Å². The second-order valence-corrected chi connectivity index (χ2v) is 4.83. The van der Waals surface area contributed by atoms with Crippen LogP contribution in [0.15, 0.2) is 30.6 Å². The lowest BCUT2D eigenvalue weighted by molar-refractivity contribution is 0.553. The van der Waals surface area contributed by atoms with E-state index < -0.39 is 0 Å². The van der Waals surface area contributed by atoms with Crippen molar-refractivity contribution in [2.45, 2.75) is 12.5 Å². The number of nitrogens with one attached hydrogen (secondary N) is 1. The van der Waals surface area contributed by atoms with Crippen LogP contribution in [0.4, 0.5) is 5.69 Å². The van der Waals surface area contributed by atoms with E-state index >= 15 is 0 Å². The normalized spacial score (nSPS) is 12.4. The number of benzene rings is 1. The van der Waals surface area contributed by atoms with Crippen LogP contribution < -0.4 is 10.2 Å². The monoisotopic (exact) mass is 259 g/mol. The van der Waals surface area contributed by atoms with Gasteiger partial charge >= 0.3 is 0 Å². The fourth-order valence-electron chi connectivity index (χ4n) is 2.09. The smallest absolute Gasteiger partial charge is 0.138 e. The lowest BCUT2D eigenvalue weighted by Gasteiger charge is -2.19. The number of rotatable bonds is 5. The Bertz CT molecular complexity index is 532. The summed E-state index contributed by atoms with van der Waals surface area (Å²) >= 11 is 0. The van der Waals surface area contributed by atoms with Gasteiger partial charge in [-0.1, -0.05) is 12.1 Å². The molecule has 1 N–H and O–H groups in total. The van der Waals surface area contributed by atoms with Crippen molar-refractivity contribution in [2.75, 3.05) is 26.0 Å². The zero-order valence-electron chi connectivity index (χ0n) is 12.0. The van der Waals surface area contributed by atoms with Gasteiger partial charge in [-0.15, -0.1) is 0 Å². The third kappa shape index (κ3) is 3.12. The van der Waals surface area contributed by atoms with Crippen LogP contribution in [-0.4, -0.2) is 35.9 Å². The molecule has 0 aliphatic rings. The average molecular weight is 259 g/mol. The summed E-state index contributed by atoms with van der Waals surface area (Å²) in [6.45, 7) is 0. The van der Waals surface area contributed by atoms with E-state index in [9.17, 15) is 0 Å². The Balaban J connectivity index is 2.22. The van der Waals surface area contributed by atoms with Crippen molar-refractivity contribution in [2.24, 2.45) is 7.05 Å². The third-order valence-electron chi connectivity index (χ3n) is 3.33. The topological polar surface area (TPSA) is 46.0 Å². The van der Waals surface area contributed by atoms with Crippen molar-refractivity contribution in [3.8, 4) is 0 Å². The summed E-state index contributed by atoms with van der Waals surface area (Å²) in [7, 11) is 8.00. The van der Waals surface area contributed by atoms with Crippen molar-refractivity contribution in [1.29, 1.82) is 0 Å². The lowest BCUT2D eigenvalue weighted by atomic mass is 10.0. The Kier molecular flexibility index (Phi) is 4.16. The molecule has 0 bridgehead atoms. The Morgan fingerprint density at radius 2 is 2.16 bits per heavy atom. The predicted octanol–water partition coefficient (Wildman–Crippen LogP) is 1.38. The van der Waals surface area contributed by atoms with Gasteiger partial charge < -0.3 is 10.2 Å². The number of anilines is 1. The number of hydrogen-bond donors (Lipinski definition) is 1. The van der Waals surface area contributed by atoms with E-state index in [4.69, 9.17) is 0 Å². The maximum absolute atomic E-state index is 4.29. The highest BCUT2D eigenvalue weighted by molar-refractivity contribution is 5.47. The molecule has 102 valence electrons. The van der Waals surface area contributed by atoms with Gasteiger partial charge in [0.15, 0.2) is 0 Å². The predicted molar refractivity (Wildman–Crippen MR) is 77.3 cm³/mol. The molecule has 1 aromatic heterocycles. The molecule has 0 saturated carbocycles. The molecule has 1 aromatic carbocycles. The number of hydrogen-bond acceptors (Lipinski definition) is 4. The number of aryl methyl sites for hydroxylation is 1. The summed E-state index contributed by atoms with van der Waals surface area (Å²) in [4.78, 5) is 6.40. The van der Waals surface area contributed by atoms with E-state index in [1.807, 2.05) is 18.8 Å². The molecule has 0 radical (unpaired) electrons. The zero-order valence-corrected chi connectivity index (χ0v) is 12.0. The van der Waals surface area contributed by atoms with Gasteiger partial charge in [-0.05, 0) is 24.7 Å². The van der Waals surface area contributed by atoms with Crippen LogP contribution in [-0.2, 0) is 13.5 Å². The Hall–Kier alpha value is -1.88. The molecule has 19 heavy (non-hydrogen) atoms. The van der Waals surface area contributed by atoms with Crippen LogP contribution in [0.25, 0.3) is 0 Å².